The van der Waals surface area contributed by atoms with E-state index < -0.39 is 0 Å². The van der Waals surface area contributed by atoms with Crippen molar-refractivity contribution < 1.29 is 13.6 Å². The molecule has 0 amide bonds. The largest absolute Gasteiger partial charge is 0.457 e. The summed E-state index contributed by atoms with van der Waals surface area (Å²) in [4.78, 5) is 11.7. The molecule has 0 saturated heterocycles. The van der Waals surface area contributed by atoms with Crippen molar-refractivity contribution in [1.82, 2.24) is 0 Å². The Morgan fingerprint density at radius 2 is 1.80 bits per heavy atom. The van der Waals surface area contributed by atoms with Gasteiger partial charge in [0.1, 0.15) is 6.26 Å². The van der Waals surface area contributed by atoms with Gasteiger partial charge in [-0.3, -0.25) is 4.79 Å². The molecule has 78 valence electrons. The summed E-state index contributed by atoms with van der Waals surface area (Å²) in [5.74, 6) is -0.00208. The van der Waals surface area contributed by atoms with Crippen LogP contribution in [0.3, 0.4) is 0 Å². The molecule has 2 aromatic heterocycles. The van der Waals surface area contributed by atoms with Crippen LogP contribution in [0.5, 0.6) is 0 Å². The zero-order valence-electron chi connectivity index (χ0n) is 7.50. The molecule has 0 spiro atoms. The first-order chi connectivity index (χ1) is 7.15. The second-order valence-electron chi connectivity index (χ2n) is 3.00. The van der Waals surface area contributed by atoms with Crippen molar-refractivity contribution in [2.24, 2.45) is 0 Å². The van der Waals surface area contributed by atoms with Gasteiger partial charge < -0.3 is 8.83 Å². The number of rotatable bonds is 3. The molecule has 2 heterocycles. The maximum Gasteiger partial charge on any atom is 0.170 e. The van der Waals surface area contributed by atoms with Crippen molar-refractivity contribution >= 4 is 37.6 Å². The van der Waals surface area contributed by atoms with Crippen LogP contribution in [0.15, 0.2) is 42.8 Å². The normalized spacial score (nSPS) is 10.5. The Balaban J connectivity index is 2.10. The molecule has 0 N–H and O–H groups in total. The third kappa shape index (κ3) is 2.60. The van der Waals surface area contributed by atoms with Crippen LogP contribution >= 0.6 is 31.9 Å². The molecule has 0 aliphatic carbocycles. The molecule has 0 fully saturated rings. The Hall–Kier alpha value is -0.810. The first kappa shape index (κ1) is 10.7. The van der Waals surface area contributed by atoms with Gasteiger partial charge in [0.25, 0.3) is 0 Å². The molecule has 0 radical (unpaired) electrons. The van der Waals surface area contributed by atoms with Crippen molar-refractivity contribution in [3.8, 4) is 0 Å². The number of carbonyl (C=O) groups is 1. The molecule has 0 aliphatic rings. The van der Waals surface area contributed by atoms with Crippen molar-refractivity contribution in [1.29, 1.82) is 0 Å². The SMILES string of the molecule is O=C(Cc1coc(Br)c1)c1coc(Br)c1. The highest BCUT2D eigenvalue weighted by Crippen LogP contribution is 2.18. The van der Waals surface area contributed by atoms with Crippen LogP contribution in [0, 0.1) is 0 Å². The Labute approximate surface area is 103 Å². The summed E-state index contributed by atoms with van der Waals surface area (Å²) in [5, 5.41) is 0. The number of hydrogen-bond donors (Lipinski definition) is 0. The van der Waals surface area contributed by atoms with Crippen LogP contribution < -0.4 is 0 Å². The summed E-state index contributed by atoms with van der Waals surface area (Å²) in [6.45, 7) is 0. The van der Waals surface area contributed by atoms with Gasteiger partial charge in [-0.25, -0.2) is 0 Å². The Bertz CT molecular complexity index is 484. The summed E-state index contributed by atoms with van der Waals surface area (Å²) in [7, 11) is 0. The topological polar surface area (TPSA) is 43.4 Å². The van der Waals surface area contributed by atoms with Crippen molar-refractivity contribution in [3.05, 3.63) is 45.1 Å². The zero-order valence-corrected chi connectivity index (χ0v) is 10.7. The van der Waals surface area contributed by atoms with Crippen LogP contribution in [0.1, 0.15) is 15.9 Å². The highest BCUT2D eigenvalue weighted by molar-refractivity contribution is 9.10. The molecule has 2 aromatic rings. The summed E-state index contributed by atoms with van der Waals surface area (Å²) in [6.07, 6.45) is 3.29. The lowest BCUT2D eigenvalue weighted by atomic mass is 10.1. The van der Waals surface area contributed by atoms with Gasteiger partial charge in [0.05, 0.1) is 11.8 Å². The average molecular weight is 334 g/mol. The first-order valence-corrected chi connectivity index (χ1v) is 5.74. The van der Waals surface area contributed by atoms with E-state index >= 15 is 0 Å². The number of furan rings is 2. The number of halogens is 2. The lowest BCUT2D eigenvalue weighted by Crippen LogP contribution is -2.00. The molecule has 5 heteroatoms. The van der Waals surface area contributed by atoms with Gasteiger partial charge in [-0.2, -0.15) is 0 Å². The van der Waals surface area contributed by atoms with Gasteiger partial charge in [0.2, 0.25) is 0 Å². The molecule has 0 bridgehead atoms. The molecule has 0 aliphatic heterocycles. The third-order valence-electron chi connectivity index (χ3n) is 1.88. The minimum Gasteiger partial charge on any atom is -0.457 e. The molecule has 15 heavy (non-hydrogen) atoms. The monoisotopic (exact) mass is 332 g/mol. The number of carbonyl (C=O) groups excluding carboxylic acids is 1. The maximum absolute atomic E-state index is 11.7. The van der Waals surface area contributed by atoms with Crippen molar-refractivity contribution in [2.75, 3.05) is 0 Å². The molecule has 0 saturated carbocycles. The second kappa shape index (κ2) is 4.37. The molecule has 2 rings (SSSR count). The van der Waals surface area contributed by atoms with Crippen LogP contribution in [0.25, 0.3) is 0 Å². The van der Waals surface area contributed by atoms with E-state index in [1.54, 1.807) is 18.4 Å². The van der Waals surface area contributed by atoms with Crippen LogP contribution in [0.2, 0.25) is 0 Å². The maximum atomic E-state index is 11.7. The summed E-state index contributed by atoms with van der Waals surface area (Å²) < 4.78 is 11.2. The van der Waals surface area contributed by atoms with Gasteiger partial charge in [0.15, 0.2) is 15.1 Å². The second-order valence-corrected chi connectivity index (χ2v) is 4.56. The fourth-order valence-corrected chi connectivity index (χ4v) is 1.91. The van der Waals surface area contributed by atoms with Crippen LogP contribution in [0.4, 0.5) is 0 Å². The number of ketones is 1. The quantitative estimate of drug-likeness (QED) is 0.802. The molecular weight excluding hydrogens is 328 g/mol. The molecule has 3 nitrogen and oxygen atoms in total. The fourth-order valence-electron chi connectivity index (χ4n) is 1.18. The lowest BCUT2D eigenvalue weighted by molar-refractivity contribution is 0.0992. The minimum absolute atomic E-state index is 0.00208. The van der Waals surface area contributed by atoms with Crippen LogP contribution in [-0.4, -0.2) is 5.78 Å². The van der Waals surface area contributed by atoms with Gasteiger partial charge in [-0.1, -0.05) is 0 Å². The Kier molecular flexibility index (Phi) is 3.11. The van der Waals surface area contributed by atoms with Crippen molar-refractivity contribution in [3.63, 3.8) is 0 Å². The first-order valence-electron chi connectivity index (χ1n) is 4.15. The predicted octanol–water partition coefficient (Wildman–Crippen LogP) is 3.82. The highest BCUT2D eigenvalue weighted by atomic mass is 79.9. The smallest absolute Gasteiger partial charge is 0.170 e. The van der Waals surface area contributed by atoms with E-state index in [-0.39, 0.29) is 5.78 Å². The highest BCUT2D eigenvalue weighted by Gasteiger charge is 2.11. The van der Waals surface area contributed by atoms with Gasteiger partial charge in [-0.15, -0.1) is 0 Å². The lowest BCUT2D eigenvalue weighted by Gasteiger charge is -1.92. The van der Waals surface area contributed by atoms with Gasteiger partial charge >= 0.3 is 0 Å². The summed E-state index contributed by atoms with van der Waals surface area (Å²) >= 11 is 6.32. The van der Waals surface area contributed by atoms with E-state index in [2.05, 4.69) is 31.9 Å². The molecular formula is C10H6Br2O3. The zero-order chi connectivity index (χ0) is 10.8. The molecule has 0 aromatic carbocycles. The summed E-state index contributed by atoms with van der Waals surface area (Å²) in [5.41, 5.74) is 1.39. The molecule has 0 atom stereocenters. The standard InChI is InChI=1S/C10H6Br2O3/c11-9-2-6(4-14-9)1-8(13)7-3-10(12)15-5-7/h2-5H,1H2. The van der Waals surface area contributed by atoms with Crippen molar-refractivity contribution in [2.45, 2.75) is 6.42 Å². The van der Waals surface area contributed by atoms with Gasteiger partial charge in [0, 0.05) is 12.5 Å². The number of Topliss-reactive ketones (excluding diaryl/α,β-unsaturated/α-hetero) is 1. The fraction of sp³-hybridized carbons (Fsp3) is 0.100. The molecule has 0 unspecified atom stereocenters. The van der Waals surface area contributed by atoms with E-state index in [1.807, 2.05) is 0 Å². The minimum atomic E-state index is -0.00208. The Morgan fingerprint density at radius 1 is 1.13 bits per heavy atom. The predicted molar refractivity (Wildman–Crippen MR) is 60.9 cm³/mol. The average Bonchev–Trinajstić information content (AvgIpc) is 2.75. The summed E-state index contributed by atoms with van der Waals surface area (Å²) in [6, 6.07) is 3.42. The third-order valence-corrected chi connectivity index (χ3v) is 2.71. The van der Waals surface area contributed by atoms with E-state index in [0.717, 1.165) is 5.56 Å². The van der Waals surface area contributed by atoms with E-state index in [1.165, 1.54) is 6.26 Å². The van der Waals surface area contributed by atoms with E-state index in [9.17, 15) is 4.79 Å². The van der Waals surface area contributed by atoms with Crippen LogP contribution in [-0.2, 0) is 6.42 Å². The van der Waals surface area contributed by atoms with E-state index in [0.29, 0.717) is 21.3 Å². The number of hydrogen-bond acceptors (Lipinski definition) is 3. The van der Waals surface area contributed by atoms with Gasteiger partial charge in [-0.05, 0) is 43.5 Å². The Morgan fingerprint density at radius 3 is 2.33 bits per heavy atom. The van der Waals surface area contributed by atoms with E-state index in [4.69, 9.17) is 8.83 Å².